The number of hydrogen-bond donors (Lipinski definition) is 1. The van der Waals surface area contributed by atoms with Gasteiger partial charge in [0.05, 0.1) is 13.2 Å². The van der Waals surface area contributed by atoms with E-state index in [1.165, 1.54) is 0 Å². The number of rotatable bonds is 5. The molecule has 1 N–H and O–H groups in total. The Bertz CT molecular complexity index is 555. The molecule has 0 fully saturated rings. The highest BCUT2D eigenvalue weighted by Gasteiger charge is 2.04. The van der Waals surface area contributed by atoms with E-state index in [0.717, 1.165) is 17.0 Å². The van der Waals surface area contributed by atoms with Crippen LogP contribution in [0.15, 0.2) is 36.4 Å². The van der Waals surface area contributed by atoms with Gasteiger partial charge in [0.1, 0.15) is 11.5 Å². The molecule has 0 amide bonds. The Balaban J connectivity index is 2.16. The number of aliphatic hydroxyl groups excluding tert-OH is 1. The van der Waals surface area contributed by atoms with Gasteiger partial charge in [0.2, 0.25) is 5.88 Å². The number of ether oxygens (including phenoxy) is 2. The number of aromatic nitrogens is 1. The summed E-state index contributed by atoms with van der Waals surface area (Å²) in [5, 5.41) is 9.10. The maximum absolute atomic E-state index is 9.10. The maximum Gasteiger partial charge on any atom is 0.219 e. The van der Waals surface area contributed by atoms with Gasteiger partial charge in [-0.2, -0.15) is 0 Å². The largest absolute Gasteiger partial charge is 0.494 e. The van der Waals surface area contributed by atoms with Crippen LogP contribution in [0.3, 0.4) is 0 Å². The van der Waals surface area contributed by atoms with Crippen LogP contribution in [0.1, 0.15) is 18.2 Å². The molecule has 0 bridgehead atoms. The van der Waals surface area contributed by atoms with Crippen molar-refractivity contribution in [2.24, 2.45) is 0 Å². The fourth-order valence-corrected chi connectivity index (χ4v) is 1.71. The zero-order valence-electron chi connectivity index (χ0n) is 11.1. The molecule has 0 aliphatic heterocycles. The van der Waals surface area contributed by atoms with Gasteiger partial charge in [0, 0.05) is 17.8 Å². The lowest BCUT2D eigenvalue weighted by Gasteiger charge is -2.09. The minimum absolute atomic E-state index is 0.0149. The summed E-state index contributed by atoms with van der Waals surface area (Å²) >= 11 is 0. The van der Waals surface area contributed by atoms with Crippen molar-refractivity contribution in [3.63, 3.8) is 0 Å². The highest BCUT2D eigenvalue weighted by atomic mass is 16.5. The molecule has 0 saturated carbocycles. The maximum atomic E-state index is 9.10. The van der Waals surface area contributed by atoms with Gasteiger partial charge in [0.25, 0.3) is 0 Å². The van der Waals surface area contributed by atoms with Crippen molar-refractivity contribution < 1.29 is 14.6 Å². The average Bonchev–Trinajstić information content (AvgIpc) is 2.40. The van der Waals surface area contributed by atoms with Gasteiger partial charge in [-0.05, 0) is 37.6 Å². The SMILES string of the molecule is CCOc1cccc(Oc2ccc(CO)c(C)n2)c1. The van der Waals surface area contributed by atoms with Crippen LogP contribution in [0.4, 0.5) is 0 Å². The number of benzene rings is 1. The lowest BCUT2D eigenvalue weighted by Crippen LogP contribution is -1.96. The normalized spacial score (nSPS) is 10.3. The van der Waals surface area contributed by atoms with Crippen molar-refractivity contribution in [3.05, 3.63) is 47.7 Å². The smallest absolute Gasteiger partial charge is 0.219 e. The van der Waals surface area contributed by atoms with E-state index in [4.69, 9.17) is 14.6 Å². The first kappa shape index (κ1) is 13.4. The van der Waals surface area contributed by atoms with Gasteiger partial charge in [-0.15, -0.1) is 0 Å². The molecule has 19 heavy (non-hydrogen) atoms. The molecule has 4 nitrogen and oxygen atoms in total. The van der Waals surface area contributed by atoms with Crippen LogP contribution >= 0.6 is 0 Å². The molecule has 0 unspecified atom stereocenters. The van der Waals surface area contributed by atoms with E-state index in [-0.39, 0.29) is 6.61 Å². The van der Waals surface area contributed by atoms with Crippen LogP contribution in [-0.4, -0.2) is 16.7 Å². The van der Waals surface area contributed by atoms with Gasteiger partial charge in [0.15, 0.2) is 0 Å². The number of pyridine rings is 1. The van der Waals surface area contributed by atoms with Crippen molar-refractivity contribution in [2.75, 3.05) is 6.61 Å². The monoisotopic (exact) mass is 259 g/mol. The molecule has 0 saturated heterocycles. The first-order valence-electron chi connectivity index (χ1n) is 6.21. The first-order chi connectivity index (χ1) is 9.22. The Labute approximate surface area is 112 Å². The van der Waals surface area contributed by atoms with Crippen molar-refractivity contribution in [3.8, 4) is 17.4 Å². The average molecular weight is 259 g/mol. The molecule has 4 heteroatoms. The van der Waals surface area contributed by atoms with Crippen molar-refractivity contribution in [1.82, 2.24) is 4.98 Å². The van der Waals surface area contributed by atoms with E-state index in [1.54, 1.807) is 6.07 Å². The molecule has 0 atom stereocenters. The minimum Gasteiger partial charge on any atom is -0.494 e. The van der Waals surface area contributed by atoms with Crippen LogP contribution in [0.25, 0.3) is 0 Å². The van der Waals surface area contributed by atoms with Gasteiger partial charge in [-0.25, -0.2) is 4.98 Å². The summed E-state index contributed by atoms with van der Waals surface area (Å²) < 4.78 is 11.1. The Morgan fingerprint density at radius 2 is 1.95 bits per heavy atom. The summed E-state index contributed by atoms with van der Waals surface area (Å²) in [6.45, 7) is 4.38. The third kappa shape index (κ3) is 3.45. The Kier molecular flexibility index (Phi) is 4.36. The second-order valence-corrected chi connectivity index (χ2v) is 4.06. The number of aryl methyl sites for hydroxylation is 1. The Morgan fingerprint density at radius 1 is 1.16 bits per heavy atom. The summed E-state index contributed by atoms with van der Waals surface area (Å²) in [5.74, 6) is 1.95. The second kappa shape index (κ2) is 6.20. The number of nitrogens with zero attached hydrogens (tertiary/aromatic N) is 1. The van der Waals surface area contributed by atoms with Gasteiger partial charge in [-0.3, -0.25) is 0 Å². The molecule has 2 rings (SSSR count). The van der Waals surface area contributed by atoms with E-state index in [1.807, 2.05) is 44.2 Å². The fourth-order valence-electron chi connectivity index (χ4n) is 1.71. The minimum atomic E-state index is -0.0149. The standard InChI is InChI=1S/C15H17NO3/c1-3-18-13-5-4-6-14(9-13)19-15-8-7-12(10-17)11(2)16-15/h4-9,17H,3,10H2,1-2H3. The van der Waals surface area contributed by atoms with Gasteiger partial charge < -0.3 is 14.6 Å². The molecule has 1 heterocycles. The molecule has 1 aromatic heterocycles. The van der Waals surface area contributed by atoms with Crippen LogP contribution in [0, 0.1) is 6.92 Å². The predicted molar refractivity (Wildman–Crippen MR) is 72.6 cm³/mol. The highest BCUT2D eigenvalue weighted by molar-refractivity contribution is 5.36. The molecule has 0 aliphatic rings. The molecular formula is C15H17NO3. The second-order valence-electron chi connectivity index (χ2n) is 4.06. The van der Waals surface area contributed by atoms with Crippen molar-refractivity contribution >= 4 is 0 Å². The molecule has 100 valence electrons. The Morgan fingerprint density at radius 3 is 2.63 bits per heavy atom. The van der Waals surface area contributed by atoms with Crippen LogP contribution in [0.5, 0.6) is 17.4 Å². The molecule has 0 radical (unpaired) electrons. The van der Waals surface area contributed by atoms with E-state index in [0.29, 0.717) is 18.2 Å². The zero-order valence-corrected chi connectivity index (χ0v) is 11.1. The van der Waals surface area contributed by atoms with E-state index in [2.05, 4.69) is 4.98 Å². The molecule has 2 aromatic rings. The predicted octanol–water partition coefficient (Wildman–Crippen LogP) is 3.07. The van der Waals surface area contributed by atoms with E-state index in [9.17, 15) is 0 Å². The van der Waals surface area contributed by atoms with Crippen molar-refractivity contribution in [1.29, 1.82) is 0 Å². The van der Waals surface area contributed by atoms with Crippen molar-refractivity contribution in [2.45, 2.75) is 20.5 Å². The van der Waals surface area contributed by atoms with Gasteiger partial charge >= 0.3 is 0 Å². The first-order valence-corrected chi connectivity index (χ1v) is 6.21. The summed E-state index contributed by atoms with van der Waals surface area (Å²) in [4.78, 5) is 4.29. The molecular weight excluding hydrogens is 242 g/mol. The molecule has 1 aromatic carbocycles. The quantitative estimate of drug-likeness (QED) is 0.896. The van der Waals surface area contributed by atoms with Gasteiger partial charge in [-0.1, -0.05) is 6.07 Å². The number of aliphatic hydroxyl groups is 1. The topological polar surface area (TPSA) is 51.6 Å². The van der Waals surface area contributed by atoms with Crippen LogP contribution in [0.2, 0.25) is 0 Å². The molecule has 0 aliphatic carbocycles. The summed E-state index contributed by atoms with van der Waals surface area (Å²) in [5.41, 5.74) is 1.57. The fraction of sp³-hybridized carbons (Fsp3) is 0.267. The zero-order chi connectivity index (χ0) is 13.7. The van der Waals surface area contributed by atoms with Crippen LogP contribution < -0.4 is 9.47 Å². The number of hydrogen-bond acceptors (Lipinski definition) is 4. The van der Waals surface area contributed by atoms with E-state index < -0.39 is 0 Å². The summed E-state index contributed by atoms with van der Waals surface area (Å²) in [7, 11) is 0. The molecule has 0 spiro atoms. The lowest BCUT2D eigenvalue weighted by molar-refractivity contribution is 0.280. The third-order valence-electron chi connectivity index (χ3n) is 2.68. The highest BCUT2D eigenvalue weighted by Crippen LogP contribution is 2.24. The van der Waals surface area contributed by atoms with E-state index >= 15 is 0 Å². The van der Waals surface area contributed by atoms with Crippen LogP contribution in [-0.2, 0) is 6.61 Å². The lowest BCUT2D eigenvalue weighted by atomic mass is 10.2. The Hall–Kier alpha value is -2.07. The summed E-state index contributed by atoms with van der Waals surface area (Å²) in [6, 6.07) is 11.0. The third-order valence-corrected chi connectivity index (χ3v) is 2.68. The summed E-state index contributed by atoms with van der Waals surface area (Å²) in [6.07, 6.45) is 0.